The number of benzene rings is 1. The summed E-state index contributed by atoms with van der Waals surface area (Å²) in [5.74, 6) is -4.43. The van der Waals surface area contributed by atoms with Gasteiger partial charge in [-0.1, -0.05) is 19.1 Å². The van der Waals surface area contributed by atoms with Crippen LogP contribution in [0.25, 0.3) is 0 Å². The quantitative estimate of drug-likeness (QED) is 0.279. The fourth-order valence-electron chi connectivity index (χ4n) is 2.49. The lowest BCUT2D eigenvalue weighted by atomic mass is 10.1. The summed E-state index contributed by atoms with van der Waals surface area (Å²) >= 11 is 0. The monoisotopic (exact) mass is 436 g/mol. The number of aliphatic carboxylic acids is 1. The maximum Gasteiger partial charge on any atom is 0.305 e. The van der Waals surface area contributed by atoms with Crippen molar-refractivity contribution in [2.45, 2.75) is 51.2 Å². The average molecular weight is 436 g/mol. The number of hydrogen-bond donors (Lipinski definition) is 5. The van der Waals surface area contributed by atoms with Crippen LogP contribution in [0.2, 0.25) is 0 Å². The number of carboxylic acids is 1. The first-order valence-electron chi connectivity index (χ1n) is 9.53. The SMILES string of the molecule is CCC(=O)N[C@@H](CC(=O)O)C(=O)N[C@@H](CCC(=O)C=N)C(=O)NCc1ccc(F)cc1. The second-order valence-electron chi connectivity index (χ2n) is 6.63. The highest BCUT2D eigenvalue weighted by molar-refractivity contribution is 6.26. The second kappa shape index (κ2) is 12.8. The first-order chi connectivity index (χ1) is 14.7. The number of hydrogen-bond acceptors (Lipinski definition) is 6. The van der Waals surface area contributed by atoms with Crippen LogP contribution >= 0.6 is 0 Å². The lowest BCUT2D eigenvalue weighted by molar-refractivity contribution is -0.141. The molecule has 0 unspecified atom stereocenters. The molecule has 1 aromatic carbocycles. The van der Waals surface area contributed by atoms with Crippen molar-refractivity contribution < 1.29 is 33.5 Å². The molecule has 0 saturated carbocycles. The molecule has 3 amide bonds. The van der Waals surface area contributed by atoms with Crippen molar-refractivity contribution in [3.05, 3.63) is 35.6 Å². The summed E-state index contributed by atoms with van der Waals surface area (Å²) in [5, 5.41) is 23.1. The van der Waals surface area contributed by atoms with Crippen molar-refractivity contribution in [1.29, 1.82) is 5.41 Å². The predicted octanol–water partition coefficient (Wildman–Crippen LogP) is 0.295. The minimum Gasteiger partial charge on any atom is -0.481 e. The Morgan fingerprint density at radius 2 is 1.71 bits per heavy atom. The van der Waals surface area contributed by atoms with E-state index in [-0.39, 0.29) is 25.8 Å². The summed E-state index contributed by atoms with van der Waals surface area (Å²) < 4.78 is 13.0. The highest BCUT2D eigenvalue weighted by Crippen LogP contribution is 2.05. The van der Waals surface area contributed by atoms with Gasteiger partial charge in [0.2, 0.25) is 17.7 Å². The van der Waals surface area contributed by atoms with Crippen LogP contribution in [0.4, 0.5) is 4.39 Å². The molecule has 2 atom stereocenters. The van der Waals surface area contributed by atoms with Crippen LogP contribution in [0.15, 0.2) is 24.3 Å². The highest BCUT2D eigenvalue weighted by atomic mass is 19.1. The molecule has 168 valence electrons. The van der Waals surface area contributed by atoms with Gasteiger partial charge in [-0.3, -0.25) is 24.0 Å². The van der Waals surface area contributed by atoms with Crippen LogP contribution in [0.3, 0.4) is 0 Å². The molecule has 0 radical (unpaired) electrons. The van der Waals surface area contributed by atoms with Gasteiger partial charge in [-0.25, -0.2) is 4.39 Å². The van der Waals surface area contributed by atoms with Crippen molar-refractivity contribution in [3.63, 3.8) is 0 Å². The number of rotatable bonds is 13. The van der Waals surface area contributed by atoms with Gasteiger partial charge in [0, 0.05) is 19.4 Å². The third-order valence-corrected chi connectivity index (χ3v) is 4.20. The van der Waals surface area contributed by atoms with E-state index in [0.717, 1.165) is 0 Å². The molecule has 0 aliphatic heterocycles. The average Bonchev–Trinajstić information content (AvgIpc) is 2.74. The van der Waals surface area contributed by atoms with E-state index in [1.165, 1.54) is 31.2 Å². The molecule has 0 saturated heterocycles. The molecule has 10 nitrogen and oxygen atoms in total. The molecule has 0 aromatic heterocycles. The van der Waals surface area contributed by atoms with Gasteiger partial charge in [-0.15, -0.1) is 0 Å². The second-order valence-corrected chi connectivity index (χ2v) is 6.63. The molecule has 1 aromatic rings. The Hall–Kier alpha value is -3.63. The molecule has 0 heterocycles. The minimum atomic E-state index is -1.41. The number of carbonyl (C=O) groups excluding carboxylic acids is 4. The van der Waals surface area contributed by atoms with E-state index in [1.807, 2.05) is 0 Å². The normalized spacial score (nSPS) is 12.2. The maximum atomic E-state index is 13.0. The van der Waals surface area contributed by atoms with Crippen molar-refractivity contribution >= 4 is 35.7 Å². The summed E-state index contributed by atoms with van der Waals surface area (Å²) in [6.45, 7) is 1.55. The Bertz CT molecular complexity index is 827. The van der Waals surface area contributed by atoms with Crippen molar-refractivity contribution in [2.24, 2.45) is 0 Å². The van der Waals surface area contributed by atoms with Crippen LogP contribution in [0.1, 0.15) is 38.2 Å². The Morgan fingerprint density at radius 3 is 2.26 bits per heavy atom. The largest absolute Gasteiger partial charge is 0.481 e. The van der Waals surface area contributed by atoms with Gasteiger partial charge in [0.05, 0.1) is 12.6 Å². The fourth-order valence-corrected chi connectivity index (χ4v) is 2.49. The summed E-state index contributed by atoms with van der Waals surface area (Å²) in [6.07, 6.45) is -0.427. The summed E-state index contributed by atoms with van der Waals surface area (Å²) in [7, 11) is 0. The first-order valence-corrected chi connectivity index (χ1v) is 9.53. The number of nitrogens with one attached hydrogen (secondary N) is 4. The summed E-state index contributed by atoms with van der Waals surface area (Å²) in [5.41, 5.74) is 0.592. The molecule has 11 heteroatoms. The number of Topliss-reactive ketones (excluding diaryl/α,β-unsaturated/α-hetero) is 1. The molecule has 0 aliphatic rings. The number of carbonyl (C=O) groups is 5. The molecular formula is C20H25FN4O6. The number of amides is 3. The summed E-state index contributed by atoms with van der Waals surface area (Å²) in [6, 6.07) is 2.74. The van der Waals surface area contributed by atoms with Gasteiger partial charge in [-0.05, 0) is 24.1 Å². The third kappa shape index (κ3) is 9.61. The molecule has 5 N–H and O–H groups in total. The molecule has 31 heavy (non-hydrogen) atoms. The summed E-state index contributed by atoms with van der Waals surface area (Å²) in [4.78, 5) is 59.2. The Kier molecular flexibility index (Phi) is 10.5. The van der Waals surface area contributed by atoms with E-state index < -0.39 is 53.8 Å². The molecule has 0 aliphatic carbocycles. The van der Waals surface area contributed by atoms with Gasteiger partial charge in [0.25, 0.3) is 0 Å². The molecule has 0 bridgehead atoms. The molecular weight excluding hydrogens is 411 g/mol. The zero-order valence-corrected chi connectivity index (χ0v) is 16.9. The zero-order chi connectivity index (χ0) is 23.4. The Balaban J connectivity index is 2.88. The first kappa shape index (κ1) is 25.4. The van der Waals surface area contributed by atoms with E-state index in [4.69, 9.17) is 10.5 Å². The van der Waals surface area contributed by atoms with E-state index in [9.17, 15) is 28.4 Å². The smallest absolute Gasteiger partial charge is 0.305 e. The predicted molar refractivity (Wildman–Crippen MR) is 108 cm³/mol. The van der Waals surface area contributed by atoms with E-state index in [2.05, 4.69) is 16.0 Å². The van der Waals surface area contributed by atoms with Gasteiger partial charge >= 0.3 is 5.97 Å². The standard InChI is InChI=1S/C20H25FN4O6/c1-2-17(27)24-16(9-18(28)29)20(31)25-15(8-7-14(26)10-22)19(30)23-11-12-3-5-13(21)6-4-12/h3-6,10,15-16,22H,2,7-9,11H2,1H3,(H,23,30)(H,24,27)(H,25,31)(H,28,29)/t15-,16-/m0/s1. The van der Waals surface area contributed by atoms with E-state index in [1.54, 1.807) is 0 Å². The number of ketones is 1. The van der Waals surface area contributed by atoms with Gasteiger partial charge in [0.15, 0.2) is 5.78 Å². The van der Waals surface area contributed by atoms with Crippen LogP contribution in [0.5, 0.6) is 0 Å². The van der Waals surface area contributed by atoms with Crippen molar-refractivity contribution in [3.8, 4) is 0 Å². The third-order valence-electron chi connectivity index (χ3n) is 4.20. The van der Waals surface area contributed by atoms with Crippen LogP contribution in [0, 0.1) is 11.2 Å². The van der Waals surface area contributed by atoms with E-state index >= 15 is 0 Å². The minimum absolute atomic E-state index is 0.0229. The van der Waals surface area contributed by atoms with Crippen LogP contribution in [-0.2, 0) is 30.5 Å². The molecule has 1 rings (SSSR count). The van der Waals surface area contributed by atoms with Crippen molar-refractivity contribution in [2.75, 3.05) is 0 Å². The highest BCUT2D eigenvalue weighted by Gasteiger charge is 2.28. The van der Waals surface area contributed by atoms with Crippen molar-refractivity contribution in [1.82, 2.24) is 16.0 Å². The zero-order valence-electron chi connectivity index (χ0n) is 16.9. The van der Waals surface area contributed by atoms with E-state index in [0.29, 0.717) is 11.8 Å². The molecule has 0 fully saturated rings. The topological polar surface area (TPSA) is 166 Å². The maximum absolute atomic E-state index is 13.0. The lowest BCUT2D eigenvalue weighted by Crippen LogP contribution is -2.54. The fraction of sp³-hybridized carbons (Fsp3) is 0.400. The number of halogens is 1. The molecule has 0 spiro atoms. The Morgan fingerprint density at radius 1 is 1.06 bits per heavy atom. The van der Waals surface area contributed by atoms with Gasteiger partial charge in [-0.2, -0.15) is 0 Å². The van der Waals surface area contributed by atoms with Gasteiger partial charge in [0.1, 0.15) is 17.9 Å². The Labute approximate surface area is 178 Å². The number of carboxylic acid groups (broad SMARTS) is 1. The lowest BCUT2D eigenvalue weighted by Gasteiger charge is -2.22. The van der Waals surface area contributed by atoms with Gasteiger partial charge < -0.3 is 26.5 Å². The van der Waals surface area contributed by atoms with Crippen LogP contribution in [-0.4, -0.2) is 52.9 Å². The van der Waals surface area contributed by atoms with Crippen LogP contribution < -0.4 is 16.0 Å².